The highest BCUT2D eigenvalue weighted by Crippen LogP contribution is 2.38. The minimum atomic E-state index is 0.848. The Hall–Kier alpha value is -1.58. The standard InChI is InChI=1S/C17H13BrOS/c1-12-4-2-5-15(16-6-3-11-20-16)17(12)19-14-9-7-13(18)8-10-14/h2-11H,1H3. The van der Waals surface area contributed by atoms with Gasteiger partial charge in [0.1, 0.15) is 11.5 Å². The number of hydrogen-bond donors (Lipinski definition) is 0. The van der Waals surface area contributed by atoms with E-state index < -0.39 is 0 Å². The molecular weight excluding hydrogens is 332 g/mol. The molecule has 3 rings (SSSR count). The molecule has 3 heteroatoms. The summed E-state index contributed by atoms with van der Waals surface area (Å²) >= 11 is 5.16. The molecule has 0 saturated carbocycles. The molecule has 100 valence electrons. The van der Waals surface area contributed by atoms with Crippen LogP contribution in [0.3, 0.4) is 0 Å². The van der Waals surface area contributed by atoms with Gasteiger partial charge in [-0.15, -0.1) is 11.3 Å². The molecule has 0 bridgehead atoms. The molecule has 0 aliphatic heterocycles. The molecule has 0 saturated heterocycles. The Kier molecular flexibility index (Phi) is 3.90. The monoisotopic (exact) mass is 344 g/mol. The van der Waals surface area contributed by atoms with E-state index in [1.807, 2.05) is 24.3 Å². The molecule has 1 nitrogen and oxygen atoms in total. The van der Waals surface area contributed by atoms with E-state index in [-0.39, 0.29) is 0 Å². The summed E-state index contributed by atoms with van der Waals surface area (Å²) in [6.07, 6.45) is 0. The van der Waals surface area contributed by atoms with Gasteiger partial charge in [-0.05, 0) is 54.3 Å². The van der Waals surface area contributed by atoms with E-state index in [2.05, 4.69) is 58.6 Å². The predicted octanol–water partition coefficient (Wildman–Crippen LogP) is 6.28. The molecule has 0 spiro atoms. The van der Waals surface area contributed by atoms with Crippen LogP contribution >= 0.6 is 27.3 Å². The lowest BCUT2D eigenvalue weighted by atomic mass is 10.1. The first-order valence-corrected chi connectivity index (χ1v) is 7.98. The van der Waals surface area contributed by atoms with Gasteiger partial charge in [0, 0.05) is 14.9 Å². The van der Waals surface area contributed by atoms with Crippen LogP contribution in [0.2, 0.25) is 0 Å². The van der Waals surface area contributed by atoms with Crippen LogP contribution in [0.15, 0.2) is 64.5 Å². The molecule has 1 heterocycles. The SMILES string of the molecule is Cc1cccc(-c2cccs2)c1Oc1ccc(Br)cc1. The molecule has 3 aromatic rings. The number of hydrogen-bond acceptors (Lipinski definition) is 2. The highest BCUT2D eigenvalue weighted by Gasteiger charge is 2.11. The number of aryl methyl sites for hydroxylation is 1. The number of thiophene rings is 1. The highest BCUT2D eigenvalue weighted by atomic mass is 79.9. The predicted molar refractivity (Wildman–Crippen MR) is 88.7 cm³/mol. The average Bonchev–Trinajstić information content (AvgIpc) is 2.97. The first-order valence-electron chi connectivity index (χ1n) is 6.31. The largest absolute Gasteiger partial charge is 0.456 e. The van der Waals surface area contributed by atoms with Crippen molar-refractivity contribution in [1.29, 1.82) is 0 Å². The maximum absolute atomic E-state index is 6.10. The van der Waals surface area contributed by atoms with Crippen LogP contribution in [0, 0.1) is 6.92 Å². The summed E-state index contributed by atoms with van der Waals surface area (Å²) in [6.45, 7) is 2.07. The molecule has 0 atom stereocenters. The number of ether oxygens (including phenoxy) is 1. The summed E-state index contributed by atoms with van der Waals surface area (Å²) in [5, 5.41) is 2.08. The van der Waals surface area contributed by atoms with E-state index in [1.54, 1.807) is 11.3 Å². The van der Waals surface area contributed by atoms with Gasteiger partial charge in [0.2, 0.25) is 0 Å². The van der Waals surface area contributed by atoms with Gasteiger partial charge in [0.25, 0.3) is 0 Å². The maximum Gasteiger partial charge on any atom is 0.138 e. The number of halogens is 1. The summed E-state index contributed by atoms with van der Waals surface area (Å²) in [4.78, 5) is 1.22. The fourth-order valence-electron chi connectivity index (χ4n) is 2.03. The summed E-state index contributed by atoms with van der Waals surface area (Å²) in [6, 6.07) is 18.3. The zero-order valence-electron chi connectivity index (χ0n) is 11.0. The van der Waals surface area contributed by atoms with Gasteiger partial charge in [0.05, 0.1) is 0 Å². The highest BCUT2D eigenvalue weighted by molar-refractivity contribution is 9.10. The zero-order valence-corrected chi connectivity index (χ0v) is 13.4. The topological polar surface area (TPSA) is 9.23 Å². The van der Waals surface area contributed by atoms with Crippen molar-refractivity contribution < 1.29 is 4.74 Å². The molecule has 0 fully saturated rings. The lowest BCUT2D eigenvalue weighted by Crippen LogP contribution is -1.90. The molecule has 1 aromatic heterocycles. The Bertz CT molecular complexity index is 702. The normalized spacial score (nSPS) is 10.5. The molecular formula is C17H13BrOS. The molecule has 0 amide bonds. The fourth-order valence-corrected chi connectivity index (χ4v) is 3.05. The first kappa shape index (κ1) is 13.4. The van der Waals surface area contributed by atoms with Gasteiger partial charge in [0.15, 0.2) is 0 Å². The van der Waals surface area contributed by atoms with Crippen molar-refractivity contribution in [1.82, 2.24) is 0 Å². The quantitative estimate of drug-likeness (QED) is 0.543. The van der Waals surface area contributed by atoms with Crippen LogP contribution in [0.5, 0.6) is 11.5 Å². The van der Waals surface area contributed by atoms with Crippen molar-refractivity contribution >= 4 is 27.3 Å². The number of para-hydroxylation sites is 1. The Morgan fingerprint density at radius 3 is 2.45 bits per heavy atom. The third kappa shape index (κ3) is 2.79. The third-order valence-electron chi connectivity index (χ3n) is 3.03. The summed E-state index contributed by atoms with van der Waals surface area (Å²) in [5.74, 6) is 1.78. The lowest BCUT2D eigenvalue weighted by molar-refractivity contribution is 0.481. The van der Waals surface area contributed by atoms with Crippen LogP contribution in [0.1, 0.15) is 5.56 Å². The van der Waals surface area contributed by atoms with E-state index in [1.165, 1.54) is 4.88 Å². The van der Waals surface area contributed by atoms with E-state index >= 15 is 0 Å². The van der Waals surface area contributed by atoms with Crippen molar-refractivity contribution in [3.05, 3.63) is 70.0 Å². The average molecular weight is 345 g/mol. The van der Waals surface area contributed by atoms with Crippen LogP contribution in [0.25, 0.3) is 10.4 Å². The molecule has 0 aliphatic rings. The van der Waals surface area contributed by atoms with Crippen LogP contribution in [0.4, 0.5) is 0 Å². The molecule has 20 heavy (non-hydrogen) atoms. The minimum absolute atomic E-state index is 0.848. The van der Waals surface area contributed by atoms with Gasteiger partial charge in [-0.2, -0.15) is 0 Å². The Labute approximate surface area is 131 Å². The molecule has 0 radical (unpaired) electrons. The number of benzene rings is 2. The number of rotatable bonds is 3. The smallest absolute Gasteiger partial charge is 0.138 e. The van der Waals surface area contributed by atoms with Crippen LogP contribution in [-0.2, 0) is 0 Å². The first-order chi connectivity index (χ1) is 9.74. The van der Waals surface area contributed by atoms with E-state index in [9.17, 15) is 0 Å². The summed E-state index contributed by atoms with van der Waals surface area (Å²) < 4.78 is 7.15. The minimum Gasteiger partial charge on any atom is -0.456 e. The second-order valence-corrected chi connectivity index (χ2v) is 6.35. The molecule has 0 N–H and O–H groups in total. The van der Waals surface area contributed by atoms with Gasteiger partial charge in [-0.25, -0.2) is 0 Å². The van der Waals surface area contributed by atoms with Crippen LogP contribution < -0.4 is 4.74 Å². The summed E-state index contributed by atoms with van der Waals surface area (Å²) in [7, 11) is 0. The van der Waals surface area contributed by atoms with Crippen molar-refractivity contribution in [3.8, 4) is 21.9 Å². The third-order valence-corrected chi connectivity index (χ3v) is 4.46. The Morgan fingerprint density at radius 1 is 0.950 bits per heavy atom. The van der Waals surface area contributed by atoms with E-state index in [0.717, 1.165) is 27.1 Å². The Balaban J connectivity index is 2.02. The van der Waals surface area contributed by atoms with Crippen molar-refractivity contribution in [2.45, 2.75) is 6.92 Å². The zero-order chi connectivity index (χ0) is 13.9. The van der Waals surface area contributed by atoms with Crippen molar-refractivity contribution in [3.63, 3.8) is 0 Å². The molecule has 0 aliphatic carbocycles. The van der Waals surface area contributed by atoms with Gasteiger partial charge in [-0.1, -0.05) is 34.1 Å². The van der Waals surface area contributed by atoms with Crippen LogP contribution in [-0.4, -0.2) is 0 Å². The lowest BCUT2D eigenvalue weighted by Gasteiger charge is -2.13. The Morgan fingerprint density at radius 2 is 1.75 bits per heavy atom. The second kappa shape index (κ2) is 5.81. The van der Waals surface area contributed by atoms with E-state index in [4.69, 9.17) is 4.74 Å². The summed E-state index contributed by atoms with van der Waals surface area (Å²) in [5.41, 5.74) is 2.28. The maximum atomic E-state index is 6.10. The second-order valence-electron chi connectivity index (χ2n) is 4.48. The fraction of sp³-hybridized carbons (Fsp3) is 0.0588. The van der Waals surface area contributed by atoms with Gasteiger partial charge in [-0.3, -0.25) is 0 Å². The molecule has 2 aromatic carbocycles. The van der Waals surface area contributed by atoms with E-state index in [0.29, 0.717) is 0 Å². The van der Waals surface area contributed by atoms with Crippen molar-refractivity contribution in [2.75, 3.05) is 0 Å². The van der Waals surface area contributed by atoms with Gasteiger partial charge < -0.3 is 4.74 Å². The van der Waals surface area contributed by atoms with Gasteiger partial charge >= 0.3 is 0 Å². The van der Waals surface area contributed by atoms with Crippen molar-refractivity contribution in [2.24, 2.45) is 0 Å². The molecule has 0 unspecified atom stereocenters.